The predicted molar refractivity (Wildman–Crippen MR) is 129 cm³/mol. The number of nitrogens with two attached hydrogens (primary N) is 1. The van der Waals surface area contributed by atoms with Gasteiger partial charge in [-0.2, -0.15) is 0 Å². The third kappa shape index (κ3) is 4.08. The van der Waals surface area contributed by atoms with Crippen molar-refractivity contribution >= 4 is 23.5 Å². The van der Waals surface area contributed by atoms with Crippen LogP contribution >= 0.6 is 11.9 Å². The Morgan fingerprint density at radius 1 is 1.03 bits per heavy atom. The Morgan fingerprint density at radius 2 is 1.84 bits per heavy atom. The lowest BCUT2D eigenvalue weighted by molar-refractivity contribution is 0.0646. The summed E-state index contributed by atoms with van der Waals surface area (Å²) in [7, 11) is 0. The summed E-state index contributed by atoms with van der Waals surface area (Å²) in [4.78, 5) is 16.3. The topological polar surface area (TPSA) is 67.6 Å². The minimum Gasteiger partial charge on any atom is -0.492 e. The van der Waals surface area contributed by atoms with E-state index in [2.05, 4.69) is 22.9 Å². The fourth-order valence-electron chi connectivity index (χ4n) is 4.59. The van der Waals surface area contributed by atoms with Crippen molar-refractivity contribution in [1.82, 2.24) is 4.90 Å². The lowest BCUT2D eigenvalue weighted by Crippen LogP contribution is -2.46. The van der Waals surface area contributed by atoms with Crippen molar-refractivity contribution in [3.8, 4) is 5.75 Å². The summed E-state index contributed by atoms with van der Waals surface area (Å²) in [6.45, 7) is 2.67. The highest BCUT2D eigenvalue weighted by Gasteiger charge is 2.43. The van der Waals surface area contributed by atoms with Gasteiger partial charge in [-0.15, -0.1) is 0 Å². The predicted octanol–water partition coefficient (Wildman–Crippen LogP) is 4.83. The Kier molecular flexibility index (Phi) is 5.81. The highest BCUT2D eigenvalue weighted by molar-refractivity contribution is 8.00. The number of carbonyl (C=O) groups is 1. The smallest absolute Gasteiger partial charge is 0.253 e. The Balaban J connectivity index is 1.25. The summed E-state index contributed by atoms with van der Waals surface area (Å²) in [6.07, 6.45) is 1.81. The molecule has 1 amide bonds. The summed E-state index contributed by atoms with van der Waals surface area (Å²) < 4.78 is 9.34. The van der Waals surface area contributed by atoms with Gasteiger partial charge in [0.25, 0.3) is 5.91 Å². The molecule has 32 heavy (non-hydrogen) atoms. The van der Waals surface area contributed by atoms with Crippen LogP contribution in [0.1, 0.15) is 34.3 Å². The number of amides is 1. The first-order chi connectivity index (χ1) is 15.7. The molecule has 5 nitrogen and oxygen atoms in total. The maximum absolute atomic E-state index is 13.2. The number of carbonyl (C=O) groups excluding carboxylic acids is 1. The molecule has 6 heteroatoms. The van der Waals surface area contributed by atoms with E-state index in [0.717, 1.165) is 47.8 Å². The van der Waals surface area contributed by atoms with Crippen LogP contribution in [0.5, 0.6) is 5.75 Å². The van der Waals surface area contributed by atoms with Gasteiger partial charge >= 0.3 is 0 Å². The van der Waals surface area contributed by atoms with Gasteiger partial charge in [-0.3, -0.25) is 4.79 Å². The van der Waals surface area contributed by atoms with E-state index in [1.807, 2.05) is 59.5 Å². The molecule has 5 rings (SSSR count). The number of rotatable bonds is 5. The van der Waals surface area contributed by atoms with Crippen molar-refractivity contribution in [2.24, 2.45) is 5.73 Å². The highest BCUT2D eigenvalue weighted by Crippen LogP contribution is 2.46. The molecule has 3 aromatic carbocycles. The van der Waals surface area contributed by atoms with Gasteiger partial charge in [-0.05, 0) is 66.8 Å². The third-order valence-electron chi connectivity index (χ3n) is 6.50. The molecule has 2 aliphatic heterocycles. The zero-order valence-electron chi connectivity index (χ0n) is 17.9. The SMILES string of the molecule is NCc1ccc2c(c1)C1(CCN(C(=O)c3cccc(NSc4ccccc4)c3)CC1)CO2. The number of fused-ring (bicyclic) bond motifs is 2. The summed E-state index contributed by atoms with van der Waals surface area (Å²) in [6, 6.07) is 24.1. The second-order valence-electron chi connectivity index (χ2n) is 8.49. The first kappa shape index (κ1) is 20.9. The molecule has 1 fully saturated rings. The van der Waals surface area contributed by atoms with Crippen molar-refractivity contribution in [1.29, 1.82) is 0 Å². The summed E-state index contributed by atoms with van der Waals surface area (Å²) in [5, 5.41) is 0. The third-order valence-corrected chi connectivity index (χ3v) is 7.35. The number of likely N-dealkylation sites (tertiary alicyclic amines) is 1. The quantitative estimate of drug-likeness (QED) is 0.551. The molecule has 1 saturated heterocycles. The number of nitrogens with one attached hydrogen (secondary N) is 1. The second kappa shape index (κ2) is 8.88. The van der Waals surface area contributed by atoms with Crippen molar-refractivity contribution < 1.29 is 9.53 Å². The Morgan fingerprint density at radius 3 is 2.62 bits per heavy atom. The standard InChI is InChI=1S/C26H27N3O2S/c27-17-19-9-10-24-23(15-19)26(18-31-24)11-13-29(14-12-26)25(30)20-5-4-6-21(16-20)28-32-22-7-2-1-3-8-22/h1-10,15-16,28H,11-14,17-18,27H2. The van der Waals surface area contributed by atoms with Gasteiger partial charge in [0.1, 0.15) is 5.75 Å². The van der Waals surface area contributed by atoms with Gasteiger partial charge in [0.2, 0.25) is 0 Å². The van der Waals surface area contributed by atoms with E-state index in [1.54, 1.807) is 11.9 Å². The van der Waals surface area contributed by atoms with E-state index in [1.165, 1.54) is 5.56 Å². The van der Waals surface area contributed by atoms with Crippen LogP contribution in [-0.4, -0.2) is 30.5 Å². The first-order valence-electron chi connectivity index (χ1n) is 11.0. The van der Waals surface area contributed by atoms with Crippen LogP contribution in [0, 0.1) is 0 Å². The van der Waals surface area contributed by atoms with Gasteiger partial charge in [0.15, 0.2) is 0 Å². The number of benzene rings is 3. The van der Waals surface area contributed by atoms with Crippen LogP contribution in [0.25, 0.3) is 0 Å². The van der Waals surface area contributed by atoms with Crippen molar-refractivity contribution in [3.05, 3.63) is 89.5 Å². The van der Waals surface area contributed by atoms with Gasteiger partial charge in [0.05, 0.1) is 6.61 Å². The van der Waals surface area contributed by atoms with Crippen molar-refractivity contribution in [2.75, 3.05) is 24.4 Å². The molecule has 1 spiro atoms. The van der Waals surface area contributed by atoms with E-state index in [0.29, 0.717) is 18.7 Å². The van der Waals surface area contributed by atoms with Gasteiger partial charge in [-0.25, -0.2) is 0 Å². The van der Waals surface area contributed by atoms with E-state index in [4.69, 9.17) is 10.5 Å². The Hall–Kier alpha value is -2.96. The number of hydrogen-bond donors (Lipinski definition) is 2. The monoisotopic (exact) mass is 445 g/mol. The van der Waals surface area contributed by atoms with E-state index in [-0.39, 0.29) is 11.3 Å². The minimum atomic E-state index is -0.00692. The van der Waals surface area contributed by atoms with Crippen LogP contribution < -0.4 is 15.2 Å². The first-order valence-corrected chi connectivity index (χ1v) is 11.8. The van der Waals surface area contributed by atoms with Crippen molar-refractivity contribution in [2.45, 2.75) is 29.7 Å². The van der Waals surface area contributed by atoms with E-state index in [9.17, 15) is 4.79 Å². The average Bonchev–Trinajstić information content (AvgIpc) is 3.20. The number of nitrogens with zero attached hydrogens (tertiary/aromatic N) is 1. The molecule has 0 radical (unpaired) electrons. The molecule has 164 valence electrons. The largest absolute Gasteiger partial charge is 0.492 e. The molecule has 0 aliphatic carbocycles. The van der Waals surface area contributed by atoms with E-state index >= 15 is 0 Å². The number of hydrogen-bond acceptors (Lipinski definition) is 5. The highest BCUT2D eigenvalue weighted by atomic mass is 32.2. The summed E-state index contributed by atoms with van der Waals surface area (Å²) in [5.41, 5.74) is 9.88. The lowest BCUT2D eigenvalue weighted by atomic mass is 9.74. The van der Waals surface area contributed by atoms with E-state index < -0.39 is 0 Å². The lowest BCUT2D eigenvalue weighted by Gasteiger charge is -2.38. The number of piperidine rings is 1. The molecule has 3 aromatic rings. The molecule has 0 atom stereocenters. The second-order valence-corrected chi connectivity index (χ2v) is 9.37. The Bertz CT molecular complexity index is 1110. The molecule has 2 heterocycles. The zero-order valence-corrected chi connectivity index (χ0v) is 18.7. The average molecular weight is 446 g/mol. The number of anilines is 1. The summed E-state index contributed by atoms with van der Waals surface area (Å²) in [5.74, 6) is 1.06. The molecular weight excluding hydrogens is 418 g/mol. The molecule has 0 bridgehead atoms. The van der Waals surface area contributed by atoms with Crippen LogP contribution in [-0.2, 0) is 12.0 Å². The van der Waals surface area contributed by atoms with Crippen LogP contribution in [0.4, 0.5) is 5.69 Å². The normalized spacial score (nSPS) is 16.5. The molecule has 0 unspecified atom stereocenters. The molecule has 3 N–H and O–H groups in total. The fourth-order valence-corrected chi connectivity index (χ4v) is 5.25. The van der Waals surface area contributed by atoms with Crippen LogP contribution in [0.3, 0.4) is 0 Å². The molecular formula is C26H27N3O2S. The molecule has 0 saturated carbocycles. The van der Waals surface area contributed by atoms with Gasteiger partial charge in [0, 0.05) is 46.8 Å². The molecule has 2 aliphatic rings. The zero-order chi connectivity index (χ0) is 22.0. The van der Waals surface area contributed by atoms with Crippen LogP contribution in [0.15, 0.2) is 77.7 Å². The molecule has 0 aromatic heterocycles. The Labute approximate surface area is 193 Å². The van der Waals surface area contributed by atoms with Gasteiger partial charge in [-0.1, -0.05) is 36.4 Å². The van der Waals surface area contributed by atoms with Crippen LogP contribution in [0.2, 0.25) is 0 Å². The fraction of sp³-hybridized carbons (Fsp3) is 0.269. The van der Waals surface area contributed by atoms with Gasteiger partial charge < -0.3 is 20.1 Å². The maximum Gasteiger partial charge on any atom is 0.253 e. The van der Waals surface area contributed by atoms with Crippen molar-refractivity contribution in [3.63, 3.8) is 0 Å². The summed E-state index contributed by atoms with van der Waals surface area (Å²) >= 11 is 1.54. The maximum atomic E-state index is 13.2. The number of ether oxygens (including phenoxy) is 1. The minimum absolute atomic E-state index is 0.00692.